The number of alkyl halides is 3. The molecular weight excluding hydrogens is 373 g/mol. The van der Waals surface area contributed by atoms with Gasteiger partial charge in [0.15, 0.2) is 12.4 Å². The molecule has 1 aromatic heterocycles. The van der Waals surface area contributed by atoms with Crippen molar-refractivity contribution in [3.63, 3.8) is 0 Å². The zero-order chi connectivity index (χ0) is 20.9. The molecule has 152 valence electrons. The number of anilines is 1. The number of benzene rings is 1. The minimum Gasteiger partial charge on any atom is -0.478 e. The van der Waals surface area contributed by atoms with Gasteiger partial charge in [-0.1, -0.05) is 13.8 Å². The molecule has 0 spiro atoms. The molecule has 0 radical (unpaired) electrons. The van der Waals surface area contributed by atoms with E-state index in [0.717, 1.165) is 37.2 Å². The molecule has 2 aromatic rings. The van der Waals surface area contributed by atoms with Gasteiger partial charge >= 0.3 is 6.18 Å². The molecule has 0 aliphatic carbocycles. The monoisotopic (exact) mass is 396 g/mol. The quantitative estimate of drug-likeness (QED) is 0.762. The fourth-order valence-electron chi connectivity index (χ4n) is 2.55. The molecule has 1 aromatic carbocycles. The lowest BCUT2D eigenvalue weighted by Gasteiger charge is -2.15. The van der Waals surface area contributed by atoms with Crippen LogP contribution in [0.25, 0.3) is 0 Å². The number of carbonyl (C=O) groups is 1. The zero-order valence-electron chi connectivity index (χ0n) is 16.0. The van der Waals surface area contributed by atoms with Crippen LogP contribution in [0.15, 0.2) is 41.3 Å². The summed E-state index contributed by atoms with van der Waals surface area (Å²) in [5.74, 6) is 0.0164. The summed E-state index contributed by atoms with van der Waals surface area (Å²) in [7, 11) is 0. The highest BCUT2D eigenvalue weighted by molar-refractivity contribution is 5.91. The average molecular weight is 396 g/mol. The Morgan fingerprint density at radius 3 is 2.39 bits per heavy atom. The van der Waals surface area contributed by atoms with E-state index in [4.69, 9.17) is 4.74 Å². The molecule has 0 saturated carbocycles. The van der Waals surface area contributed by atoms with Crippen molar-refractivity contribution in [3.8, 4) is 5.75 Å². The van der Waals surface area contributed by atoms with Crippen molar-refractivity contribution in [1.82, 2.24) is 4.57 Å². The molecule has 0 bridgehead atoms. The highest BCUT2D eigenvalue weighted by Crippen LogP contribution is 2.29. The lowest BCUT2D eigenvalue weighted by atomic mass is 10.1. The van der Waals surface area contributed by atoms with Gasteiger partial charge in [0, 0.05) is 24.5 Å². The zero-order valence-corrected chi connectivity index (χ0v) is 16.0. The Morgan fingerprint density at radius 1 is 1.18 bits per heavy atom. The fourth-order valence-corrected chi connectivity index (χ4v) is 2.55. The highest BCUT2D eigenvalue weighted by Gasteiger charge is 2.30. The number of nitrogens with one attached hydrogen (secondary N) is 1. The van der Waals surface area contributed by atoms with Gasteiger partial charge in [-0.2, -0.15) is 13.2 Å². The van der Waals surface area contributed by atoms with E-state index in [9.17, 15) is 22.8 Å². The largest absolute Gasteiger partial charge is 0.478 e. The van der Waals surface area contributed by atoms with Crippen molar-refractivity contribution in [2.24, 2.45) is 5.92 Å². The van der Waals surface area contributed by atoms with Gasteiger partial charge in [0.1, 0.15) is 0 Å². The van der Waals surface area contributed by atoms with Gasteiger partial charge in [-0.05, 0) is 43.5 Å². The molecule has 0 saturated heterocycles. The first-order valence-corrected chi connectivity index (χ1v) is 8.88. The summed E-state index contributed by atoms with van der Waals surface area (Å²) in [5.41, 5.74) is -0.305. The van der Waals surface area contributed by atoms with Crippen molar-refractivity contribution in [2.45, 2.75) is 39.9 Å². The summed E-state index contributed by atoms with van der Waals surface area (Å²) < 4.78 is 45.0. The minimum absolute atomic E-state index is 0.0915. The van der Waals surface area contributed by atoms with E-state index in [2.05, 4.69) is 19.2 Å². The van der Waals surface area contributed by atoms with E-state index < -0.39 is 24.3 Å². The lowest BCUT2D eigenvalue weighted by molar-refractivity contribution is -0.137. The third kappa shape index (κ3) is 5.87. The Balaban J connectivity index is 2.00. The standard InChI is InChI=1S/C20H23F3N2O3/c1-13(2)8-10-25-11-9-17(26)19(14(25)3)28-12-18(27)24-16-6-4-15(5-7-16)20(21,22)23/h4-7,9,11,13H,8,10,12H2,1-3H3,(H,24,27). The van der Waals surface area contributed by atoms with Crippen LogP contribution in [0, 0.1) is 12.8 Å². The van der Waals surface area contributed by atoms with Crippen LogP contribution in [0.5, 0.6) is 5.75 Å². The molecule has 0 aliphatic heterocycles. The molecule has 0 atom stereocenters. The van der Waals surface area contributed by atoms with Gasteiger partial charge in [-0.15, -0.1) is 0 Å². The Bertz CT molecular complexity index is 872. The second-order valence-corrected chi connectivity index (χ2v) is 6.88. The normalized spacial score (nSPS) is 11.5. The number of nitrogens with zero attached hydrogens (tertiary/aromatic N) is 1. The predicted molar refractivity (Wildman–Crippen MR) is 100 cm³/mol. The van der Waals surface area contributed by atoms with Crippen LogP contribution in [0.2, 0.25) is 0 Å². The molecule has 1 amide bonds. The second kappa shape index (κ2) is 8.95. The lowest BCUT2D eigenvalue weighted by Crippen LogP contribution is -2.24. The average Bonchev–Trinajstić information content (AvgIpc) is 2.60. The van der Waals surface area contributed by atoms with E-state index in [1.165, 1.54) is 6.07 Å². The smallest absolute Gasteiger partial charge is 0.416 e. The maximum Gasteiger partial charge on any atom is 0.416 e. The van der Waals surface area contributed by atoms with E-state index in [1.807, 2.05) is 4.57 Å². The third-order valence-corrected chi connectivity index (χ3v) is 4.18. The van der Waals surface area contributed by atoms with Crippen LogP contribution in [-0.2, 0) is 17.5 Å². The van der Waals surface area contributed by atoms with E-state index in [1.54, 1.807) is 13.1 Å². The Kier molecular flexibility index (Phi) is 6.88. The van der Waals surface area contributed by atoms with Crippen molar-refractivity contribution in [2.75, 3.05) is 11.9 Å². The summed E-state index contributed by atoms with van der Waals surface area (Å²) in [4.78, 5) is 24.1. The first-order chi connectivity index (χ1) is 13.1. The molecule has 0 unspecified atom stereocenters. The number of aryl methyl sites for hydroxylation is 1. The fraction of sp³-hybridized carbons (Fsp3) is 0.400. The van der Waals surface area contributed by atoms with Gasteiger partial charge in [-0.3, -0.25) is 9.59 Å². The first-order valence-electron chi connectivity index (χ1n) is 8.88. The second-order valence-electron chi connectivity index (χ2n) is 6.88. The Hall–Kier alpha value is -2.77. The topological polar surface area (TPSA) is 60.3 Å². The molecule has 28 heavy (non-hydrogen) atoms. The van der Waals surface area contributed by atoms with Gasteiger partial charge in [-0.25, -0.2) is 0 Å². The number of aromatic nitrogens is 1. The maximum atomic E-state index is 12.6. The van der Waals surface area contributed by atoms with Crippen molar-refractivity contribution in [3.05, 3.63) is 58.0 Å². The SMILES string of the molecule is Cc1c(OCC(=O)Nc2ccc(C(F)(F)F)cc2)c(=O)ccn1CCC(C)C. The number of hydrogen-bond donors (Lipinski definition) is 1. The van der Waals surface area contributed by atoms with Gasteiger partial charge in [0.05, 0.1) is 11.3 Å². The van der Waals surface area contributed by atoms with Gasteiger partial charge in [0.2, 0.25) is 5.43 Å². The van der Waals surface area contributed by atoms with Crippen LogP contribution < -0.4 is 15.5 Å². The van der Waals surface area contributed by atoms with Crippen LogP contribution in [0.3, 0.4) is 0 Å². The summed E-state index contributed by atoms with van der Waals surface area (Å²) in [6.45, 7) is 6.23. The van der Waals surface area contributed by atoms with E-state index in [0.29, 0.717) is 11.6 Å². The molecule has 0 aliphatic rings. The van der Waals surface area contributed by atoms with Gasteiger partial charge in [0.25, 0.3) is 5.91 Å². The molecule has 1 N–H and O–H groups in total. The number of amides is 1. The number of rotatable bonds is 7. The van der Waals surface area contributed by atoms with E-state index >= 15 is 0 Å². The highest BCUT2D eigenvalue weighted by atomic mass is 19.4. The van der Waals surface area contributed by atoms with E-state index in [-0.39, 0.29) is 16.9 Å². The van der Waals surface area contributed by atoms with Crippen molar-refractivity contribution in [1.29, 1.82) is 0 Å². The molecular formula is C20H23F3N2O3. The Morgan fingerprint density at radius 2 is 1.82 bits per heavy atom. The predicted octanol–water partition coefficient (Wildman–Crippen LogP) is 4.24. The molecule has 2 rings (SSSR count). The maximum absolute atomic E-state index is 12.6. The summed E-state index contributed by atoms with van der Waals surface area (Å²) in [6.07, 6.45) is -1.82. The summed E-state index contributed by atoms with van der Waals surface area (Å²) >= 11 is 0. The molecule has 0 fully saturated rings. The Labute approximate surface area is 161 Å². The summed E-state index contributed by atoms with van der Waals surface area (Å²) in [6, 6.07) is 5.47. The molecule has 8 heteroatoms. The number of ether oxygens (including phenoxy) is 1. The minimum atomic E-state index is -4.44. The third-order valence-electron chi connectivity index (χ3n) is 4.18. The van der Waals surface area contributed by atoms with Crippen LogP contribution in [0.4, 0.5) is 18.9 Å². The number of halogens is 3. The number of hydrogen-bond acceptors (Lipinski definition) is 3. The first kappa shape index (κ1) is 21.5. The van der Waals surface area contributed by atoms with Crippen molar-refractivity contribution >= 4 is 11.6 Å². The number of carbonyl (C=O) groups excluding carboxylic acids is 1. The van der Waals surface area contributed by atoms with Crippen LogP contribution in [-0.4, -0.2) is 17.1 Å². The molecule has 1 heterocycles. The molecule has 5 nitrogen and oxygen atoms in total. The van der Waals surface area contributed by atoms with Crippen molar-refractivity contribution < 1.29 is 22.7 Å². The number of pyridine rings is 1. The summed E-state index contributed by atoms with van der Waals surface area (Å²) in [5, 5.41) is 2.44. The van der Waals surface area contributed by atoms with Crippen LogP contribution in [0.1, 0.15) is 31.5 Å². The van der Waals surface area contributed by atoms with Gasteiger partial charge < -0.3 is 14.6 Å². The van der Waals surface area contributed by atoms with Crippen LogP contribution >= 0.6 is 0 Å².